The molecule has 0 aliphatic carbocycles. The maximum Gasteiger partial charge on any atom is -0.00162 e. The molecule has 0 bridgehead atoms. The molecule has 0 amide bonds. The molecule has 1 heterocycles. The Morgan fingerprint density at radius 1 is 1.15 bits per heavy atom. The molecule has 0 N–H and O–H groups in total. The van der Waals surface area contributed by atoms with Crippen LogP contribution in [0.25, 0.3) is 0 Å². The van der Waals surface area contributed by atoms with E-state index in [1.165, 1.54) is 58.2 Å². The van der Waals surface area contributed by atoms with Gasteiger partial charge in [0, 0.05) is 0 Å². The van der Waals surface area contributed by atoms with Gasteiger partial charge >= 0.3 is 0 Å². The molecule has 1 aliphatic rings. The van der Waals surface area contributed by atoms with Gasteiger partial charge in [-0.15, -0.1) is 0 Å². The standard InChI is InChI=1S/C12H25N/c1-3-4-7-12(2)8-11-13-9-5-6-10-13/h12H,3-11H2,1-2H3. The average molecular weight is 183 g/mol. The monoisotopic (exact) mass is 183 g/mol. The maximum absolute atomic E-state index is 2.63. The molecule has 1 aliphatic heterocycles. The van der Waals surface area contributed by atoms with Crippen LogP contribution in [0.3, 0.4) is 0 Å². The van der Waals surface area contributed by atoms with E-state index in [2.05, 4.69) is 18.7 Å². The van der Waals surface area contributed by atoms with Crippen LogP contribution in [-0.2, 0) is 0 Å². The van der Waals surface area contributed by atoms with Crippen molar-refractivity contribution in [3.63, 3.8) is 0 Å². The summed E-state index contributed by atoms with van der Waals surface area (Å²) >= 11 is 0. The fraction of sp³-hybridized carbons (Fsp3) is 1.00. The number of likely N-dealkylation sites (tertiary alicyclic amines) is 1. The Hall–Kier alpha value is -0.0400. The molecule has 0 saturated carbocycles. The molecule has 0 aromatic carbocycles. The van der Waals surface area contributed by atoms with Crippen LogP contribution in [0, 0.1) is 5.92 Å². The van der Waals surface area contributed by atoms with E-state index in [0.717, 1.165) is 5.92 Å². The van der Waals surface area contributed by atoms with Gasteiger partial charge in [0.05, 0.1) is 0 Å². The van der Waals surface area contributed by atoms with Crippen LogP contribution < -0.4 is 0 Å². The summed E-state index contributed by atoms with van der Waals surface area (Å²) in [4.78, 5) is 2.63. The number of hydrogen-bond donors (Lipinski definition) is 0. The minimum absolute atomic E-state index is 0.945. The van der Waals surface area contributed by atoms with Crippen molar-refractivity contribution in [3.05, 3.63) is 0 Å². The first-order chi connectivity index (χ1) is 6.33. The second-order valence-corrected chi connectivity index (χ2v) is 4.58. The van der Waals surface area contributed by atoms with E-state index < -0.39 is 0 Å². The largest absolute Gasteiger partial charge is 0.303 e. The van der Waals surface area contributed by atoms with E-state index in [9.17, 15) is 0 Å². The SMILES string of the molecule is CCCCC(C)CCN1CCCC1. The molecule has 0 aromatic rings. The molecule has 1 atom stereocenters. The molecule has 1 unspecified atom stereocenters. The van der Waals surface area contributed by atoms with Crippen LogP contribution in [0.2, 0.25) is 0 Å². The van der Waals surface area contributed by atoms with Crippen LogP contribution in [-0.4, -0.2) is 24.5 Å². The van der Waals surface area contributed by atoms with Gasteiger partial charge in [0.1, 0.15) is 0 Å². The lowest BCUT2D eigenvalue weighted by Crippen LogP contribution is -2.21. The molecule has 1 heteroatoms. The number of nitrogens with zero attached hydrogens (tertiary/aromatic N) is 1. The van der Waals surface area contributed by atoms with Gasteiger partial charge in [-0.05, 0) is 44.8 Å². The highest BCUT2D eigenvalue weighted by Crippen LogP contribution is 2.14. The maximum atomic E-state index is 2.63. The fourth-order valence-corrected chi connectivity index (χ4v) is 2.11. The molecule has 0 radical (unpaired) electrons. The Bertz CT molecular complexity index is 116. The van der Waals surface area contributed by atoms with Gasteiger partial charge in [0.25, 0.3) is 0 Å². The van der Waals surface area contributed by atoms with E-state index in [4.69, 9.17) is 0 Å². The van der Waals surface area contributed by atoms with Gasteiger partial charge in [-0.2, -0.15) is 0 Å². The van der Waals surface area contributed by atoms with Gasteiger partial charge in [-0.1, -0.05) is 33.1 Å². The zero-order valence-corrected chi connectivity index (χ0v) is 9.39. The summed E-state index contributed by atoms with van der Waals surface area (Å²) in [6.07, 6.45) is 8.49. The van der Waals surface area contributed by atoms with Crippen molar-refractivity contribution in [1.29, 1.82) is 0 Å². The topological polar surface area (TPSA) is 3.24 Å². The van der Waals surface area contributed by atoms with Crippen molar-refractivity contribution in [1.82, 2.24) is 4.90 Å². The Balaban J connectivity index is 1.97. The average Bonchev–Trinajstić information content (AvgIpc) is 2.64. The van der Waals surface area contributed by atoms with Gasteiger partial charge in [-0.25, -0.2) is 0 Å². The summed E-state index contributed by atoms with van der Waals surface area (Å²) in [6.45, 7) is 8.77. The predicted molar refractivity (Wildman–Crippen MR) is 59.0 cm³/mol. The van der Waals surface area contributed by atoms with E-state index >= 15 is 0 Å². The summed E-state index contributed by atoms with van der Waals surface area (Å²) < 4.78 is 0. The Labute approximate surface area is 83.5 Å². The zero-order valence-electron chi connectivity index (χ0n) is 9.39. The second-order valence-electron chi connectivity index (χ2n) is 4.58. The predicted octanol–water partition coefficient (Wildman–Crippen LogP) is 3.30. The van der Waals surface area contributed by atoms with Crippen molar-refractivity contribution < 1.29 is 0 Å². The smallest absolute Gasteiger partial charge is 0.00162 e. The van der Waals surface area contributed by atoms with Gasteiger partial charge in [0.15, 0.2) is 0 Å². The highest BCUT2D eigenvalue weighted by molar-refractivity contribution is 4.67. The van der Waals surface area contributed by atoms with Crippen molar-refractivity contribution in [2.24, 2.45) is 5.92 Å². The van der Waals surface area contributed by atoms with E-state index in [-0.39, 0.29) is 0 Å². The lowest BCUT2D eigenvalue weighted by molar-refractivity contribution is 0.301. The Morgan fingerprint density at radius 2 is 1.85 bits per heavy atom. The van der Waals surface area contributed by atoms with Crippen molar-refractivity contribution >= 4 is 0 Å². The van der Waals surface area contributed by atoms with Crippen LogP contribution in [0.1, 0.15) is 52.4 Å². The summed E-state index contributed by atoms with van der Waals surface area (Å²) in [5.41, 5.74) is 0. The van der Waals surface area contributed by atoms with Crippen LogP contribution in [0.5, 0.6) is 0 Å². The summed E-state index contributed by atoms with van der Waals surface area (Å²) in [5, 5.41) is 0. The summed E-state index contributed by atoms with van der Waals surface area (Å²) in [7, 11) is 0. The van der Waals surface area contributed by atoms with Gasteiger partial charge in [-0.3, -0.25) is 0 Å². The minimum atomic E-state index is 0.945. The number of unbranched alkanes of at least 4 members (excludes halogenated alkanes) is 1. The highest BCUT2D eigenvalue weighted by Gasteiger charge is 2.11. The van der Waals surface area contributed by atoms with Crippen LogP contribution in [0.15, 0.2) is 0 Å². The molecular formula is C12H25N. The minimum Gasteiger partial charge on any atom is -0.303 e. The molecule has 13 heavy (non-hydrogen) atoms. The van der Waals surface area contributed by atoms with Crippen molar-refractivity contribution in [2.75, 3.05) is 19.6 Å². The lowest BCUT2D eigenvalue weighted by atomic mass is 10.0. The normalized spacial score (nSPS) is 20.8. The molecule has 78 valence electrons. The molecule has 1 nitrogen and oxygen atoms in total. The zero-order chi connectivity index (χ0) is 9.52. The Kier molecular flexibility index (Phi) is 5.45. The third kappa shape index (κ3) is 4.66. The fourth-order valence-electron chi connectivity index (χ4n) is 2.11. The molecule has 0 aromatic heterocycles. The van der Waals surface area contributed by atoms with Crippen LogP contribution in [0.4, 0.5) is 0 Å². The molecule has 1 fully saturated rings. The molecule has 1 saturated heterocycles. The Morgan fingerprint density at radius 3 is 2.46 bits per heavy atom. The first kappa shape index (κ1) is 11.0. The highest BCUT2D eigenvalue weighted by atomic mass is 15.1. The van der Waals surface area contributed by atoms with Crippen LogP contribution >= 0.6 is 0 Å². The molecule has 0 spiro atoms. The van der Waals surface area contributed by atoms with Crippen molar-refractivity contribution in [2.45, 2.75) is 52.4 Å². The van der Waals surface area contributed by atoms with Gasteiger partial charge < -0.3 is 4.90 Å². The first-order valence-electron chi connectivity index (χ1n) is 6.05. The first-order valence-corrected chi connectivity index (χ1v) is 6.05. The van der Waals surface area contributed by atoms with E-state index in [1.54, 1.807) is 0 Å². The lowest BCUT2D eigenvalue weighted by Gasteiger charge is -2.17. The van der Waals surface area contributed by atoms with E-state index in [1.807, 2.05) is 0 Å². The third-order valence-corrected chi connectivity index (χ3v) is 3.19. The third-order valence-electron chi connectivity index (χ3n) is 3.19. The second kappa shape index (κ2) is 6.42. The number of rotatable bonds is 6. The molecular weight excluding hydrogens is 158 g/mol. The quantitative estimate of drug-likeness (QED) is 0.610. The van der Waals surface area contributed by atoms with Crippen molar-refractivity contribution in [3.8, 4) is 0 Å². The molecule has 1 rings (SSSR count). The van der Waals surface area contributed by atoms with Gasteiger partial charge in [0.2, 0.25) is 0 Å². The summed E-state index contributed by atoms with van der Waals surface area (Å²) in [6, 6.07) is 0. The summed E-state index contributed by atoms with van der Waals surface area (Å²) in [5.74, 6) is 0.945. The number of hydrogen-bond acceptors (Lipinski definition) is 1. The van der Waals surface area contributed by atoms with E-state index in [0.29, 0.717) is 0 Å².